The fourth-order valence-corrected chi connectivity index (χ4v) is 2.97. The summed E-state index contributed by atoms with van der Waals surface area (Å²) >= 11 is 0. The zero-order chi connectivity index (χ0) is 11.8. The molecule has 0 atom stereocenters. The van der Waals surface area contributed by atoms with Crippen molar-refractivity contribution in [2.45, 2.75) is 12.6 Å². The molecule has 0 unspecified atom stereocenters. The maximum Gasteiger partial charge on any atom is 0.165 e. The maximum atomic E-state index is 12.9. The van der Waals surface area contributed by atoms with Crippen LogP contribution in [0, 0.1) is 5.82 Å². The molecule has 1 heterocycles. The molecule has 0 saturated carbocycles. The largest absolute Gasteiger partial charge is 0.505 e. The summed E-state index contributed by atoms with van der Waals surface area (Å²) in [5, 5.41) is 12.0. The fourth-order valence-electron chi connectivity index (χ4n) is 1.60. The highest BCUT2D eigenvalue weighted by molar-refractivity contribution is 7.92. The van der Waals surface area contributed by atoms with Crippen molar-refractivity contribution in [1.29, 1.82) is 0 Å². The Labute approximate surface area is 93.0 Å². The number of phenols is 1. The molecular weight excluding hydrogens is 233 g/mol. The lowest BCUT2D eigenvalue weighted by Crippen LogP contribution is -2.50. The van der Waals surface area contributed by atoms with Crippen molar-refractivity contribution in [3.63, 3.8) is 0 Å². The van der Waals surface area contributed by atoms with Crippen LogP contribution in [0.15, 0.2) is 18.2 Å². The van der Waals surface area contributed by atoms with Gasteiger partial charge in [0.25, 0.3) is 0 Å². The van der Waals surface area contributed by atoms with Gasteiger partial charge in [0.2, 0.25) is 0 Å². The molecule has 1 aliphatic rings. The van der Waals surface area contributed by atoms with Crippen molar-refractivity contribution in [3.8, 4) is 5.75 Å². The Bertz CT molecular complexity index is 489. The minimum Gasteiger partial charge on any atom is -0.505 e. The number of nitrogens with one attached hydrogen (secondary N) is 1. The van der Waals surface area contributed by atoms with Gasteiger partial charge in [0.15, 0.2) is 21.4 Å². The SMILES string of the molecule is O=S1(=O)CC(NCc2ccc(O)c(F)c2)C1. The number of benzene rings is 1. The van der Waals surface area contributed by atoms with Crippen LogP contribution in [0.25, 0.3) is 0 Å². The third-order valence-corrected chi connectivity index (χ3v) is 4.34. The molecule has 2 N–H and O–H groups in total. The van der Waals surface area contributed by atoms with Gasteiger partial charge in [-0.1, -0.05) is 6.07 Å². The van der Waals surface area contributed by atoms with Gasteiger partial charge >= 0.3 is 0 Å². The van der Waals surface area contributed by atoms with Crippen LogP contribution in [0.3, 0.4) is 0 Å². The van der Waals surface area contributed by atoms with E-state index in [1.165, 1.54) is 12.1 Å². The molecule has 1 aromatic rings. The lowest BCUT2D eigenvalue weighted by atomic mass is 10.2. The number of rotatable bonds is 3. The Morgan fingerprint density at radius 3 is 2.69 bits per heavy atom. The monoisotopic (exact) mass is 245 g/mol. The second kappa shape index (κ2) is 4.03. The average molecular weight is 245 g/mol. The van der Waals surface area contributed by atoms with E-state index in [1.807, 2.05) is 0 Å². The van der Waals surface area contributed by atoms with E-state index in [9.17, 15) is 12.8 Å². The van der Waals surface area contributed by atoms with E-state index in [0.29, 0.717) is 12.1 Å². The molecule has 1 aliphatic heterocycles. The topological polar surface area (TPSA) is 66.4 Å². The van der Waals surface area contributed by atoms with E-state index in [0.717, 1.165) is 0 Å². The van der Waals surface area contributed by atoms with Gasteiger partial charge in [-0.05, 0) is 17.7 Å². The van der Waals surface area contributed by atoms with Crippen molar-refractivity contribution in [1.82, 2.24) is 5.32 Å². The second-order valence-electron chi connectivity index (χ2n) is 3.94. The smallest absolute Gasteiger partial charge is 0.165 e. The summed E-state index contributed by atoms with van der Waals surface area (Å²) in [7, 11) is -2.83. The van der Waals surface area contributed by atoms with Crippen molar-refractivity contribution < 1.29 is 17.9 Å². The summed E-state index contributed by atoms with van der Waals surface area (Å²) < 4.78 is 34.7. The van der Waals surface area contributed by atoms with E-state index in [1.54, 1.807) is 6.07 Å². The quantitative estimate of drug-likeness (QED) is 0.810. The Morgan fingerprint density at radius 1 is 1.44 bits per heavy atom. The highest BCUT2D eigenvalue weighted by Gasteiger charge is 2.32. The van der Waals surface area contributed by atoms with Crippen LogP contribution >= 0.6 is 0 Å². The number of aromatic hydroxyl groups is 1. The van der Waals surface area contributed by atoms with Gasteiger partial charge in [0.05, 0.1) is 11.5 Å². The minimum atomic E-state index is -2.83. The van der Waals surface area contributed by atoms with Crippen molar-refractivity contribution >= 4 is 9.84 Å². The molecule has 1 fully saturated rings. The number of halogens is 1. The fraction of sp³-hybridized carbons (Fsp3) is 0.400. The molecule has 0 amide bonds. The van der Waals surface area contributed by atoms with Gasteiger partial charge in [-0.3, -0.25) is 0 Å². The predicted octanol–water partition coefficient (Wildman–Crippen LogP) is 0.418. The highest BCUT2D eigenvalue weighted by atomic mass is 32.2. The Hall–Kier alpha value is -1.14. The van der Waals surface area contributed by atoms with E-state index in [-0.39, 0.29) is 23.3 Å². The zero-order valence-electron chi connectivity index (χ0n) is 8.48. The molecule has 0 bridgehead atoms. The third kappa shape index (κ3) is 2.51. The van der Waals surface area contributed by atoms with Crippen LogP contribution in [-0.2, 0) is 16.4 Å². The van der Waals surface area contributed by atoms with Gasteiger partial charge in [0.1, 0.15) is 0 Å². The van der Waals surface area contributed by atoms with Crippen molar-refractivity contribution in [2.24, 2.45) is 0 Å². The number of hydrogen-bond donors (Lipinski definition) is 2. The van der Waals surface area contributed by atoms with Gasteiger partial charge in [0, 0.05) is 12.6 Å². The summed E-state index contributed by atoms with van der Waals surface area (Å²) in [5.41, 5.74) is 0.680. The van der Waals surface area contributed by atoms with Gasteiger partial charge in [-0.2, -0.15) is 0 Å². The molecule has 0 aromatic heterocycles. The summed E-state index contributed by atoms with van der Waals surface area (Å²) in [5.74, 6) is -0.753. The summed E-state index contributed by atoms with van der Waals surface area (Å²) in [6.07, 6.45) is 0. The van der Waals surface area contributed by atoms with E-state index in [2.05, 4.69) is 5.32 Å². The van der Waals surface area contributed by atoms with E-state index < -0.39 is 15.7 Å². The molecular formula is C10H12FNO3S. The van der Waals surface area contributed by atoms with Gasteiger partial charge in [-0.15, -0.1) is 0 Å². The predicted molar refractivity (Wildman–Crippen MR) is 57.3 cm³/mol. The number of sulfone groups is 1. The normalized spacial score (nSPS) is 19.3. The van der Waals surface area contributed by atoms with Gasteiger partial charge < -0.3 is 10.4 Å². The lowest BCUT2D eigenvalue weighted by molar-refractivity contribution is 0.431. The first-order chi connectivity index (χ1) is 7.46. The summed E-state index contributed by atoms with van der Waals surface area (Å²) in [4.78, 5) is 0. The Balaban J connectivity index is 1.89. The zero-order valence-corrected chi connectivity index (χ0v) is 9.30. The van der Waals surface area contributed by atoms with E-state index in [4.69, 9.17) is 5.11 Å². The molecule has 16 heavy (non-hydrogen) atoms. The molecule has 1 aromatic carbocycles. The third-order valence-electron chi connectivity index (χ3n) is 2.52. The van der Waals surface area contributed by atoms with Crippen LogP contribution < -0.4 is 5.32 Å². The molecule has 0 aliphatic carbocycles. The second-order valence-corrected chi connectivity index (χ2v) is 6.09. The summed E-state index contributed by atoms with van der Waals surface area (Å²) in [6.45, 7) is 0.400. The standard InChI is InChI=1S/C10H12FNO3S/c11-9-3-7(1-2-10(9)13)4-12-8-5-16(14,15)6-8/h1-3,8,12-13H,4-6H2. The summed E-state index contributed by atoms with van der Waals surface area (Å²) in [6, 6.07) is 4.07. The highest BCUT2D eigenvalue weighted by Crippen LogP contribution is 2.17. The lowest BCUT2D eigenvalue weighted by Gasteiger charge is -2.26. The van der Waals surface area contributed by atoms with Gasteiger partial charge in [-0.25, -0.2) is 12.8 Å². The maximum absolute atomic E-state index is 12.9. The number of hydrogen-bond acceptors (Lipinski definition) is 4. The van der Waals surface area contributed by atoms with Crippen molar-refractivity contribution in [3.05, 3.63) is 29.6 Å². The molecule has 0 spiro atoms. The average Bonchev–Trinajstić information content (AvgIpc) is 2.16. The van der Waals surface area contributed by atoms with Crippen molar-refractivity contribution in [2.75, 3.05) is 11.5 Å². The Kier molecular flexibility index (Phi) is 2.86. The minimum absolute atomic E-state index is 0.0399. The van der Waals surface area contributed by atoms with Crippen LogP contribution in [0.1, 0.15) is 5.56 Å². The van der Waals surface area contributed by atoms with Crippen LogP contribution in [0.2, 0.25) is 0 Å². The number of phenolic OH excluding ortho intramolecular Hbond substituents is 1. The van der Waals surface area contributed by atoms with Crippen LogP contribution in [-0.4, -0.2) is 31.1 Å². The van der Waals surface area contributed by atoms with Crippen LogP contribution in [0.5, 0.6) is 5.75 Å². The molecule has 6 heteroatoms. The van der Waals surface area contributed by atoms with Crippen LogP contribution in [0.4, 0.5) is 4.39 Å². The molecule has 0 radical (unpaired) electrons. The molecule has 4 nitrogen and oxygen atoms in total. The molecule has 2 rings (SSSR count). The first-order valence-corrected chi connectivity index (χ1v) is 6.69. The molecule has 1 saturated heterocycles. The first kappa shape index (κ1) is 11.3. The first-order valence-electron chi connectivity index (χ1n) is 4.87. The Morgan fingerprint density at radius 2 is 2.12 bits per heavy atom. The molecule has 88 valence electrons. The van der Waals surface area contributed by atoms with E-state index >= 15 is 0 Å².